The van der Waals surface area contributed by atoms with Crippen molar-refractivity contribution in [1.29, 1.82) is 0 Å². The third kappa shape index (κ3) is 3.74. The predicted molar refractivity (Wildman–Crippen MR) is 102 cm³/mol. The van der Waals surface area contributed by atoms with E-state index < -0.39 is 5.54 Å². The fourth-order valence-electron chi connectivity index (χ4n) is 4.07. The first-order valence-corrected chi connectivity index (χ1v) is 10.1. The number of aromatic nitrogens is 7. The van der Waals surface area contributed by atoms with Crippen molar-refractivity contribution in [2.45, 2.75) is 63.3 Å². The first kappa shape index (κ1) is 18.5. The van der Waals surface area contributed by atoms with Crippen LogP contribution in [0.2, 0.25) is 0 Å². The summed E-state index contributed by atoms with van der Waals surface area (Å²) in [5, 5.41) is 23.0. The first-order valence-electron chi connectivity index (χ1n) is 10.1. The van der Waals surface area contributed by atoms with Crippen molar-refractivity contribution in [1.82, 2.24) is 40.1 Å². The van der Waals surface area contributed by atoms with Crippen LogP contribution in [0, 0.1) is 0 Å². The van der Waals surface area contributed by atoms with Gasteiger partial charge in [-0.1, -0.05) is 31.7 Å². The highest BCUT2D eigenvalue weighted by atomic mass is 16.2. The Hall–Kier alpha value is -2.84. The van der Waals surface area contributed by atoms with Crippen LogP contribution in [0.3, 0.4) is 0 Å². The van der Waals surface area contributed by atoms with Gasteiger partial charge in [-0.05, 0) is 48.2 Å². The normalized spacial score (nSPS) is 16.3. The van der Waals surface area contributed by atoms with Crippen molar-refractivity contribution in [2.24, 2.45) is 0 Å². The van der Waals surface area contributed by atoms with E-state index in [0.717, 1.165) is 69.3 Å². The molecule has 28 heavy (non-hydrogen) atoms. The molecule has 0 spiro atoms. The molecule has 3 aromatic rings. The number of carbonyl (C=O) groups excluding carboxylic acids is 1. The molecule has 1 fully saturated rings. The Labute approximate surface area is 163 Å². The van der Waals surface area contributed by atoms with Gasteiger partial charge in [0.05, 0.1) is 0 Å². The van der Waals surface area contributed by atoms with Crippen LogP contribution in [0.25, 0.3) is 5.65 Å². The van der Waals surface area contributed by atoms with Crippen molar-refractivity contribution in [2.75, 3.05) is 6.54 Å². The number of carbonyl (C=O) groups is 1. The second-order valence-corrected chi connectivity index (χ2v) is 7.46. The van der Waals surface area contributed by atoms with E-state index in [1.54, 1.807) is 11.0 Å². The smallest absolute Gasteiger partial charge is 0.248 e. The number of unbranched alkanes of at least 4 members (excludes halogenated alkanes) is 2. The molecular weight excluding hydrogens is 356 g/mol. The molecule has 1 aliphatic carbocycles. The number of hydrogen-bond donors (Lipinski definition) is 1. The Morgan fingerprint density at radius 1 is 1.11 bits per heavy atom. The molecule has 148 valence electrons. The average molecular weight is 382 g/mol. The molecule has 0 bridgehead atoms. The Kier molecular flexibility index (Phi) is 5.59. The lowest BCUT2D eigenvalue weighted by Crippen LogP contribution is -2.50. The molecule has 4 rings (SSSR count). The van der Waals surface area contributed by atoms with Gasteiger partial charge in [-0.25, -0.2) is 4.68 Å². The lowest BCUT2D eigenvalue weighted by atomic mass is 9.81. The number of nitrogens with one attached hydrogen (secondary N) is 1. The van der Waals surface area contributed by atoms with Crippen LogP contribution in [0.5, 0.6) is 0 Å². The van der Waals surface area contributed by atoms with Gasteiger partial charge in [0.1, 0.15) is 17.7 Å². The van der Waals surface area contributed by atoms with Crippen molar-refractivity contribution in [3.8, 4) is 0 Å². The molecular formula is C19H26N8O. The fraction of sp³-hybridized carbons (Fsp3) is 0.579. The molecule has 3 heterocycles. The van der Waals surface area contributed by atoms with E-state index in [1.165, 1.54) is 0 Å². The van der Waals surface area contributed by atoms with Crippen LogP contribution in [0.1, 0.15) is 57.2 Å². The summed E-state index contributed by atoms with van der Waals surface area (Å²) in [5.41, 5.74) is 0.257. The number of aryl methyl sites for hydroxylation is 1. The fourth-order valence-corrected chi connectivity index (χ4v) is 4.07. The van der Waals surface area contributed by atoms with Gasteiger partial charge in [-0.3, -0.25) is 9.20 Å². The molecule has 0 aromatic carbocycles. The number of fused-ring (bicyclic) bond motifs is 1. The molecule has 0 saturated heterocycles. The molecule has 9 nitrogen and oxygen atoms in total. The van der Waals surface area contributed by atoms with Crippen LogP contribution in [0.15, 0.2) is 30.7 Å². The summed E-state index contributed by atoms with van der Waals surface area (Å²) in [7, 11) is 0. The van der Waals surface area contributed by atoms with Crippen molar-refractivity contribution >= 4 is 11.6 Å². The van der Waals surface area contributed by atoms with Gasteiger partial charge in [0.15, 0.2) is 5.65 Å². The number of amides is 1. The highest BCUT2D eigenvalue weighted by Crippen LogP contribution is 2.34. The molecule has 9 heteroatoms. The molecule has 1 saturated carbocycles. The van der Waals surface area contributed by atoms with Crippen LogP contribution in [0.4, 0.5) is 0 Å². The van der Waals surface area contributed by atoms with E-state index in [0.29, 0.717) is 6.54 Å². The van der Waals surface area contributed by atoms with Crippen LogP contribution in [-0.2, 0) is 16.8 Å². The molecule has 0 unspecified atom stereocenters. The van der Waals surface area contributed by atoms with Gasteiger partial charge >= 0.3 is 0 Å². The van der Waals surface area contributed by atoms with E-state index in [9.17, 15) is 4.79 Å². The van der Waals surface area contributed by atoms with Gasteiger partial charge in [0.25, 0.3) is 0 Å². The summed E-state index contributed by atoms with van der Waals surface area (Å²) in [4.78, 5) is 12.9. The van der Waals surface area contributed by atoms with Gasteiger partial charge in [0, 0.05) is 19.2 Å². The number of nitrogens with zero attached hydrogens (tertiary/aromatic N) is 7. The number of rotatable bonds is 8. The molecule has 0 aliphatic heterocycles. The first-order chi connectivity index (χ1) is 13.8. The average Bonchev–Trinajstić information content (AvgIpc) is 3.41. The topological polar surface area (TPSA) is 103 Å². The Morgan fingerprint density at radius 2 is 2.00 bits per heavy atom. The maximum absolute atomic E-state index is 12.9. The lowest BCUT2D eigenvalue weighted by molar-refractivity contribution is -0.132. The summed E-state index contributed by atoms with van der Waals surface area (Å²) in [5.74, 6) is 1.03. The highest BCUT2D eigenvalue weighted by molar-refractivity contribution is 5.84. The standard InChI is InChI=1S/C19H26N8O/c28-18(19(11-5-2-6-12-19)27-15-21-24-25-27)20-13-7-1-3-9-16-22-23-17-10-4-8-14-26(16)17/h4,8,10,14-15H,1-3,5-7,9,11-13H2,(H,20,28). The zero-order valence-corrected chi connectivity index (χ0v) is 16.0. The summed E-state index contributed by atoms with van der Waals surface area (Å²) in [6, 6.07) is 5.91. The quantitative estimate of drug-likeness (QED) is 0.597. The van der Waals surface area contributed by atoms with Gasteiger partial charge in [-0.2, -0.15) is 0 Å². The second kappa shape index (κ2) is 8.45. The molecule has 1 aliphatic rings. The number of hydrogen-bond acceptors (Lipinski definition) is 6. The van der Waals surface area contributed by atoms with Crippen molar-refractivity contribution < 1.29 is 4.79 Å². The van der Waals surface area contributed by atoms with E-state index >= 15 is 0 Å². The monoisotopic (exact) mass is 382 g/mol. The summed E-state index contributed by atoms with van der Waals surface area (Å²) < 4.78 is 3.68. The van der Waals surface area contributed by atoms with E-state index in [1.807, 2.05) is 28.8 Å². The predicted octanol–water partition coefficient (Wildman–Crippen LogP) is 1.90. The van der Waals surface area contributed by atoms with Crippen molar-refractivity contribution in [3.05, 3.63) is 36.5 Å². The zero-order valence-electron chi connectivity index (χ0n) is 16.0. The van der Waals surface area contributed by atoms with Gasteiger partial charge in [-0.15, -0.1) is 15.3 Å². The largest absolute Gasteiger partial charge is 0.354 e. The summed E-state index contributed by atoms with van der Waals surface area (Å²) in [6.45, 7) is 0.670. The Bertz CT molecular complexity index is 898. The maximum atomic E-state index is 12.9. The lowest BCUT2D eigenvalue weighted by Gasteiger charge is -2.35. The summed E-state index contributed by atoms with van der Waals surface area (Å²) >= 11 is 0. The SMILES string of the molecule is O=C(NCCCCCc1nnc2ccccn12)C1(n2cnnn2)CCCCC1. The van der Waals surface area contributed by atoms with E-state index in [-0.39, 0.29) is 5.91 Å². The van der Waals surface area contributed by atoms with Crippen LogP contribution < -0.4 is 5.32 Å². The Balaban J connectivity index is 1.24. The molecule has 0 atom stereocenters. The number of tetrazole rings is 1. The molecule has 0 radical (unpaired) electrons. The third-order valence-corrected chi connectivity index (χ3v) is 5.64. The molecule has 1 amide bonds. The third-order valence-electron chi connectivity index (χ3n) is 5.64. The minimum absolute atomic E-state index is 0.0444. The molecule has 3 aromatic heterocycles. The number of pyridine rings is 1. The minimum Gasteiger partial charge on any atom is -0.354 e. The Morgan fingerprint density at radius 3 is 2.82 bits per heavy atom. The zero-order chi connectivity index (χ0) is 19.2. The van der Waals surface area contributed by atoms with Crippen molar-refractivity contribution in [3.63, 3.8) is 0 Å². The van der Waals surface area contributed by atoms with E-state index in [2.05, 4.69) is 31.0 Å². The summed E-state index contributed by atoms with van der Waals surface area (Å²) in [6.07, 6.45) is 12.2. The highest BCUT2D eigenvalue weighted by Gasteiger charge is 2.42. The molecule has 1 N–H and O–H groups in total. The van der Waals surface area contributed by atoms with Crippen LogP contribution in [-0.4, -0.2) is 47.3 Å². The van der Waals surface area contributed by atoms with Gasteiger partial charge in [0.2, 0.25) is 5.91 Å². The second-order valence-electron chi connectivity index (χ2n) is 7.46. The van der Waals surface area contributed by atoms with E-state index in [4.69, 9.17) is 0 Å². The van der Waals surface area contributed by atoms with Crippen LogP contribution >= 0.6 is 0 Å². The van der Waals surface area contributed by atoms with Gasteiger partial charge < -0.3 is 5.32 Å². The minimum atomic E-state index is -0.623. The maximum Gasteiger partial charge on any atom is 0.248 e.